The highest BCUT2D eigenvalue weighted by molar-refractivity contribution is 5.80. The summed E-state index contributed by atoms with van der Waals surface area (Å²) >= 11 is 0. The monoisotopic (exact) mass is 449 g/mol. The Hall–Kier alpha value is -4.79. The zero-order valence-corrected chi connectivity index (χ0v) is 18.2. The molecule has 6 rings (SSSR count). The quantitative estimate of drug-likeness (QED) is 0.398. The molecule has 0 saturated heterocycles. The van der Waals surface area contributed by atoms with Crippen molar-refractivity contribution >= 4 is 5.65 Å². The van der Waals surface area contributed by atoms with Crippen molar-refractivity contribution in [2.75, 3.05) is 0 Å². The lowest BCUT2D eigenvalue weighted by atomic mass is 10.0. The summed E-state index contributed by atoms with van der Waals surface area (Å²) < 4.78 is 9.52. The average Bonchev–Trinajstić information content (AvgIpc) is 3.63. The molecule has 0 aliphatic carbocycles. The van der Waals surface area contributed by atoms with E-state index in [0.717, 1.165) is 39.2 Å². The Morgan fingerprint density at radius 1 is 0.971 bits per heavy atom. The maximum atomic E-state index is 13.2. The molecule has 0 aliphatic rings. The van der Waals surface area contributed by atoms with Crippen molar-refractivity contribution in [3.63, 3.8) is 0 Å². The van der Waals surface area contributed by atoms with Gasteiger partial charge in [-0.3, -0.25) is 0 Å². The van der Waals surface area contributed by atoms with Crippen LogP contribution < -0.4 is 5.69 Å². The SMILES string of the molecule is Cc1ccc(-c2cnn3c(=O)n(Cc4ccc(-c5ccon5)cc4)nc3c2-n2ccnc2)cc1. The minimum atomic E-state index is -0.313. The van der Waals surface area contributed by atoms with E-state index in [9.17, 15) is 4.79 Å². The third-order valence-electron chi connectivity index (χ3n) is 5.73. The van der Waals surface area contributed by atoms with E-state index in [0.29, 0.717) is 12.2 Å². The van der Waals surface area contributed by atoms with Crippen LogP contribution >= 0.6 is 0 Å². The predicted octanol–water partition coefficient (Wildman–Crippen LogP) is 3.76. The van der Waals surface area contributed by atoms with Crippen LogP contribution in [-0.2, 0) is 6.54 Å². The van der Waals surface area contributed by atoms with E-state index in [1.807, 2.05) is 66.2 Å². The largest absolute Gasteiger partial charge is 0.367 e. The molecule has 0 fully saturated rings. The Morgan fingerprint density at radius 2 is 1.76 bits per heavy atom. The van der Waals surface area contributed by atoms with E-state index in [4.69, 9.17) is 4.52 Å². The maximum absolute atomic E-state index is 13.2. The number of imidazole rings is 1. The number of aromatic nitrogens is 7. The van der Waals surface area contributed by atoms with Gasteiger partial charge in [-0.2, -0.15) is 9.61 Å². The number of benzene rings is 2. The Kier molecular flexibility index (Phi) is 4.65. The van der Waals surface area contributed by atoms with Gasteiger partial charge in [0, 0.05) is 29.6 Å². The number of nitrogens with zero attached hydrogens (tertiary/aromatic N) is 7. The van der Waals surface area contributed by atoms with E-state index in [-0.39, 0.29) is 5.69 Å². The van der Waals surface area contributed by atoms with E-state index in [1.54, 1.807) is 24.8 Å². The van der Waals surface area contributed by atoms with E-state index < -0.39 is 0 Å². The maximum Gasteiger partial charge on any atom is 0.367 e. The van der Waals surface area contributed by atoms with Crippen LogP contribution in [0.25, 0.3) is 33.7 Å². The van der Waals surface area contributed by atoms with Crippen LogP contribution in [0.2, 0.25) is 0 Å². The number of aryl methyl sites for hydroxylation is 1. The lowest BCUT2D eigenvalue weighted by Gasteiger charge is -2.11. The van der Waals surface area contributed by atoms with Gasteiger partial charge in [-0.15, -0.1) is 5.10 Å². The fraction of sp³-hybridized carbons (Fsp3) is 0.0800. The highest BCUT2D eigenvalue weighted by Gasteiger charge is 2.18. The van der Waals surface area contributed by atoms with Crippen molar-refractivity contribution < 1.29 is 4.52 Å². The molecule has 0 radical (unpaired) electrons. The van der Waals surface area contributed by atoms with Gasteiger partial charge in [-0.25, -0.2) is 14.5 Å². The van der Waals surface area contributed by atoms with Gasteiger partial charge in [0.05, 0.1) is 19.1 Å². The summed E-state index contributed by atoms with van der Waals surface area (Å²) in [5, 5.41) is 13.1. The first kappa shape index (κ1) is 19.9. The normalized spacial score (nSPS) is 11.3. The molecule has 0 N–H and O–H groups in total. The Bertz CT molecular complexity index is 1630. The first-order valence-electron chi connectivity index (χ1n) is 10.7. The fourth-order valence-electron chi connectivity index (χ4n) is 3.96. The standard InChI is InChI=1S/C25H19N7O2/c1-17-2-6-19(7-3-17)21-14-27-32-24(23(21)30-12-11-26-16-30)28-31(25(32)33)15-18-4-8-20(9-5-18)22-10-13-34-29-22/h2-14,16H,15H2,1H3. The van der Waals surface area contributed by atoms with Gasteiger partial charge < -0.3 is 9.09 Å². The summed E-state index contributed by atoms with van der Waals surface area (Å²) in [6.45, 7) is 2.35. The van der Waals surface area contributed by atoms with E-state index >= 15 is 0 Å². The molecular weight excluding hydrogens is 430 g/mol. The Labute approximate surface area is 193 Å². The van der Waals surface area contributed by atoms with Crippen LogP contribution in [0.15, 0.2) is 95.1 Å². The van der Waals surface area contributed by atoms with Crippen LogP contribution in [0.4, 0.5) is 0 Å². The molecule has 0 saturated carbocycles. The molecule has 0 unspecified atom stereocenters. The molecule has 4 aromatic heterocycles. The first-order valence-corrected chi connectivity index (χ1v) is 10.7. The summed E-state index contributed by atoms with van der Waals surface area (Å²) in [7, 11) is 0. The molecular formula is C25H19N7O2. The molecule has 166 valence electrons. The van der Waals surface area contributed by atoms with Crippen LogP contribution in [0.3, 0.4) is 0 Å². The minimum Gasteiger partial charge on any atom is -0.364 e. The number of fused-ring (bicyclic) bond motifs is 1. The number of rotatable bonds is 5. The van der Waals surface area contributed by atoms with Gasteiger partial charge in [0.2, 0.25) is 5.65 Å². The van der Waals surface area contributed by atoms with Crippen LogP contribution in [0.1, 0.15) is 11.1 Å². The van der Waals surface area contributed by atoms with Gasteiger partial charge in [0.25, 0.3) is 0 Å². The molecule has 2 aromatic carbocycles. The summed E-state index contributed by atoms with van der Waals surface area (Å²) in [5.41, 5.74) is 6.52. The summed E-state index contributed by atoms with van der Waals surface area (Å²) in [6.07, 6.45) is 8.46. The lowest BCUT2D eigenvalue weighted by molar-refractivity contribution is 0.422. The van der Waals surface area contributed by atoms with Crippen molar-refractivity contribution in [2.24, 2.45) is 0 Å². The second kappa shape index (κ2) is 7.96. The molecule has 0 atom stereocenters. The smallest absolute Gasteiger partial charge is 0.364 e. The van der Waals surface area contributed by atoms with E-state index in [2.05, 4.69) is 20.3 Å². The third-order valence-corrected chi connectivity index (χ3v) is 5.73. The van der Waals surface area contributed by atoms with E-state index in [1.165, 1.54) is 15.5 Å². The molecule has 4 heterocycles. The van der Waals surface area contributed by atoms with Crippen LogP contribution in [0, 0.1) is 6.92 Å². The molecule has 0 spiro atoms. The zero-order valence-electron chi connectivity index (χ0n) is 18.2. The second-order valence-corrected chi connectivity index (χ2v) is 8.00. The van der Waals surface area contributed by atoms with Crippen molar-refractivity contribution in [2.45, 2.75) is 13.5 Å². The van der Waals surface area contributed by atoms with Crippen molar-refractivity contribution in [3.8, 4) is 28.1 Å². The van der Waals surface area contributed by atoms with Gasteiger partial charge in [0.1, 0.15) is 17.6 Å². The fourth-order valence-corrected chi connectivity index (χ4v) is 3.96. The van der Waals surface area contributed by atoms with Crippen LogP contribution in [0.5, 0.6) is 0 Å². The molecule has 9 heteroatoms. The molecule has 0 amide bonds. The van der Waals surface area contributed by atoms with Gasteiger partial charge in [-0.1, -0.05) is 59.3 Å². The predicted molar refractivity (Wildman–Crippen MR) is 126 cm³/mol. The Morgan fingerprint density at radius 3 is 2.47 bits per heavy atom. The third kappa shape index (κ3) is 3.39. The number of hydrogen-bond acceptors (Lipinski definition) is 6. The molecule has 0 bridgehead atoms. The molecule has 34 heavy (non-hydrogen) atoms. The lowest BCUT2D eigenvalue weighted by Crippen LogP contribution is -2.23. The number of hydrogen-bond donors (Lipinski definition) is 0. The Balaban J connectivity index is 1.45. The highest BCUT2D eigenvalue weighted by Crippen LogP contribution is 2.28. The molecule has 0 aliphatic heterocycles. The summed E-state index contributed by atoms with van der Waals surface area (Å²) in [5.74, 6) is 0. The average molecular weight is 449 g/mol. The summed E-state index contributed by atoms with van der Waals surface area (Å²) in [4.78, 5) is 17.3. The second-order valence-electron chi connectivity index (χ2n) is 8.00. The molecule has 9 nitrogen and oxygen atoms in total. The van der Waals surface area contributed by atoms with Gasteiger partial charge in [-0.05, 0) is 18.1 Å². The zero-order chi connectivity index (χ0) is 23.1. The van der Waals surface area contributed by atoms with Crippen molar-refractivity contribution in [3.05, 3.63) is 107 Å². The first-order chi connectivity index (χ1) is 16.7. The highest BCUT2D eigenvalue weighted by atomic mass is 16.5. The van der Waals surface area contributed by atoms with Gasteiger partial charge >= 0.3 is 5.69 Å². The summed E-state index contributed by atoms with van der Waals surface area (Å²) in [6, 6.07) is 17.7. The van der Waals surface area contributed by atoms with Crippen LogP contribution in [-0.4, -0.2) is 34.1 Å². The minimum absolute atomic E-state index is 0.310. The van der Waals surface area contributed by atoms with Crippen molar-refractivity contribution in [1.82, 2.24) is 34.1 Å². The molecule has 6 aromatic rings. The van der Waals surface area contributed by atoms with Crippen molar-refractivity contribution in [1.29, 1.82) is 0 Å². The van der Waals surface area contributed by atoms with Gasteiger partial charge in [0.15, 0.2) is 0 Å². The topological polar surface area (TPSA) is 96.0 Å².